The Labute approximate surface area is 189 Å². The average Bonchev–Trinajstić information content (AvgIpc) is 3.29. The summed E-state index contributed by atoms with van der Waals surface area (Å²) >= 11 is 3.66. The molecule has 0 saturated heterocycles. The quantitative estimate of drug-likeness (QED) is 0.247. The second-order valence-corrected chi connectivity index (χ2v) is 9.05. The van der Waals surface area contributed by atoms with Crippen LogP contribution >= 0.6 is 15.9 Å². The van der Waals surface area contributed by atoms with Crippen molar-refractivity contribution in [3.8, 4) is 11.1 Å². The Morgan fingerprint density at radius 2 is 1.03 bits per heavy atom. The van der Waals surface area contributed by atoms with Crippen molar-refractivity contribution in [1.82, 2.24) is 9.13 Å². The highest BCUT2D eigenvalue weighted by atomic mass is 79.9. The Bertz CT molecular complexity index is 1620. The molecule has 0 saturated carbocycles. The van der Waals surface area contributed by atoms with Gasteiger partial charge in [-0.25, -0.2) is 0 Å². The molecule has 152 valence electrons. The van der Waals surface area contributed by atoms with E-state index >= 15 is 0 Å². The summed E-state index contributed by atoms with van der Waals surface area (Å²) in [7, 11) is 0. The zero-order chi connectivity index (χ0) is 21.1. The van der Waals surface area contributed by atoms with Crippen LogP contribution in [0, 0.1) is 0 Å². The number of aryl methyl sites for hydroxylation is 2. The lowest BCUT2D eigenvalue weighted by Gasteiger charge is -2.06. The number of hydrogen-bond donors (Lipinski definition) is 0. The highest BCUT2D eigenvalue weighted by molar-refractivity contribution is 9.10. The average molecular weight is 467 g/mol. The maximum Gasteiger partial charge on any atom is 0.0492 e. The van der Waals surface area contributed by atoms with Crippen molar-refractivity contribution in [2.75, 3.05) is 0 Å². The van der Waals surface area contributed by atoms with Gasteiger partial charge in [0.25, 0.3) is 0 Å². The molecule has 6 aromatic rings. The molecule has 6 rings (SSSR count). The lowest BCUT2D eigenvalue weighted by Crippen LogP contribution is -1.93. The monoisotopic (exact) mass is 466 g/mol. The number of hydrogen-bond acceptors (Lipinski definition) is 0. The van der Waals surface area contributed by atoms with Gasteiger partial charge in [0.15, 0.2) is 0 Å². The number of fused-ring (bicyclic) bond motifs is 6. The lowest BCUT2D eigenvalue weighted by atomic mass is 10.0. The number of aromatic nitrogens is 2. The molecular weight excluding hydrogens is 444 g/mol. The molecule has 0 bridgehead atoms. The van der Waals surface area contributed by atoms with Gasteiger partial charge >= 0.3 is 0 Å². The fourth-order valence-electron chi connectivity index (χ4n) is 5.17. The zero-order valence-electron chi connectivity index (χ0n) is 17.7. The molecule has 0 spiro atoms. The van der Waals surface area contributed by atoms with E-state index in [1.807, 2.05) is 0 Å². The molecule has 31 heavy (non-hydrogen) atoms. The van der Waals surface area contributed by atoms with Gasteiger partial charge in [-0.2, -0.15) is 0 Å². The molecule has 0 aliphatic heterocycles. The molecule has 0 fully saturated rings. The topological polar surface area (TPSA) is 9.86 Å². The number of nitrogens with zero attached hydrogens (tertiary/aromatic N) is 2. The molecule has 2 aromatic heterocycles. The summed E-state index contributed by atoms with van der Waals surface area (Å²) in [4.78, 5) is 0. The second kappa shape index (κ2) is 7.00. The first-order valence-corrected chi connectivity index (χ1v) is 11.7. The molecule has 0 aliphatic rings. The third-order valence-electron chi connectivity index (χ3n) is 6.57. The summed E-state index contributed by atoms with van der Waals surface area (Å²) < 4.78 is 5.93. The highest BCUT2D eigenvalue weighted by Gasteiger charge is 2.13. The van der Waals surface area contributed by atoms with E-state index in [0.717, 1.165) is 17.6 Å². The van der Waals surface area contributed by atoms with E-state index < -0.39 is 0 Å². The minimum absolute atomic E-state index is 0.962. The molecule has 2 heterocycles. The highest BCUT2D eigenvalue weighted by Crippen LogP contribution is 2.36. The molecule has 0 atom stereocenters. The molecule has 0 radical (unpaired) electrons. The van der Waals surface area contributed by atoms with Crippen LogP contribution in [0.1, 0.15) is 13.8 Å². The summed E-state index contributed by atoms with van der Waals surface area (Å²) in [5.41, 5.74) is 7.73. The van der Waals surface area contributed by atoms with Crippen LogP contribution in [0.4, 0.5) is 0 Å². The fraction of sp³-hybridized carbons (Fsp3) is 0.143. The number of halogens is 1. The van der Waals surface area contributed by atoms with Crippen LogP contribution in [-0.2, 0) is 13.1 Å². The van der Waals surface area contributed by atoms with Crippen LogP contribution in [0.3, 0.4) is 0 Å². The first-order valence-electron chi connectivity index (χ1n) is 10.9. The van der Waals surface area contributed by atoms with Crippen molar-refractivity contribution >= 4 is 59.5 Å². The summed E-state index contributed by atoms with van der Waals surface area (Å²) in [5, 5.41) is 5.27. The van der Waals surface area contributed by atoms with Gasteiger partial charge in [-0.15, -0.1) is 0 Å². The van der Waals surface area contributed by atoms with Gasteiger partial charge in [-0.3, -0.25) is 0 Å². The van der Waals surface area contributed by atoms with E-state index in [9.17, 15) is 0 Å². The van der Waals surface area contributed by atoms with Crippen LogP contribution in [-0.4, -0.2) is 9.13 Å². The Hall–Kier alpha value is -3.04. The minimum Gasteiger partial charge on any atom is -0.341 e. The fourth-order valence-corrected chi connectivity index (χ4v) is 5.53. The number of benzene rings is 4. The number of para-hydroxylation sites is 1. The molecule has 4 aromatic carbocycles. The Morgan fingerprint density at radius 3 is 1.65 bits per heavy atom. The molecule has 3 heteroatoms. The Kier molecular flexibility index (Phi) is 4.22. The van der Waals surface area contributed by atoms with Crippen molar-refractivity contribution in [2.24, 2.45) is 0 Å². The largest absolute Gasteiger partial charge is 0.341 e. The van der Waals surface area contributed by atoms with Crippen LogP contribution < -0.4 is 0 Å². The van der Waals surface area contributed by atoms with Crippen molar-refractivity contribution < 1.29 is 0 Å². The summed E-state index contributed by atoms with van der Waals surface area (Å²) in [6, 6.07) is 29.1. The maximum absolute atomic E-state index is 3.66. The van der Waals surface area contributed by atoms with Crippen LogP contribution in [0.2, 0.25) is 0 Å². The van der Waals surface area contributed by atoms with E-state index in [4.69, 9.17) is 0 Å². The third kappa shape index (κ3) is 2.69. The van der Waals surface area contributed by atoms with Crippen molar-refractivity contribution in [3.63, 3.8) is 0 Å². The summed E-state index contributed by atoms with van der Waals surface area (Å²) in [6.07, 6.45) is 0. The van der Waals surface area contributed by atoms with E-state index in [-0.39, 0.29) is 0 Å². The lowest BCUT2D eigenvalue weighted by molar-refractivity contribution is 0.827. The molecule has 0 amide bonds. The van der Waals surface area contributed by atoms with Crippen molar-refractivity contribution in [3.05, 3.63) is 83.3 Å². The van der Waals surface area contributed by atoms with E-state index in [2.05, 4.69) is 118 Å². The van der Waals surface area contributed by atoms with Gasteiger partial charge in [-0.1, -0.05) is 46.3 Å². The van der Waals surface area contributed by atoms with Gasteiger partial charge < -0.3 is 9.13 Å². The van der Waals surface area contributed by atoms with Gasteiger partial charge in [-0.05, 0) is 73.5 Å². The summed E-state index contributed by atoms with van der Waals surface area (Å²) in [6.45, 7) is 6.37. The molecule has 0 aliphatic carbocycles. The number of rotatable bonds is 3. The van der Waals surface area contributed by atoms with Gasteiger partial charge in [0.05, 0.1) is 0 Å². The third-order valence-corrected chi connectivity index (χ3v) is 7.06. The van der Waals surface area contributed by atoms with E-state index in [1.165, 1.54) is 54.7 Å². The first-order chi connectivity index (χ1) is 15.2. The molecule has 0 unspecified atom stereocenters. The minimum atomic E-state index is 0.962. The van der Waals surface area contributed by atoms with E-state index in [0.29, 0.717) is 0 Å². The zero-order valence-corrected chi connectivity index (χ0v) is 19.3. The molecule has 0 N–H and O–H groups in total. The van der Waals surface area contributed by atoms with Crippen molar-refractivity contribution in [1.29, 1.82) is 0 Å². The predicted molar refractivity (Wildman–Crippen MR) is 137 cm³/mol. The van der Waals surface area contributed by atoms with Crippen molar-refractivity contribution in [2.45, 2.75) is 26.9 Å². The SMILES string of the molecule is CCn1c2ccccc2c2cc(-c3ccc4c(c3)c3cc(Br)ccc3n4CC)ccc21. The standard InChI is InChI=1S/C28H23BrN2/c1-3-30-25-8-6-5-7-21(25)22-15-18(9-12-26(22)30)19-10-13-27-23(16-19)24-17-20(29)11-14-28(24)31(27)4-2/h5-17H,3-4H2,1-2H3. The molecular formula is C28H23BrN2. The smallest absolute Gasteiger partial charge is 0.0492 e. The Morgan fingerprint density at radius 1 is 0.548 bits per heavy atom. The Balaban J connectivity index is 1.62. The van der Waals surface area contributed by atoms with E-state index in [1.54, 1.807) is 0 Å². The van der Waals surface area contributed by atoms with Gasteiger partial charge in [0.1, 0.15) is 0 Å². The van der Waals surface area contributed by atoms with Crippen LogP contribution in [0.15, 0.2) is 83.3 Å². The van der Waals surface area contributed by atoms with Gasteiger partial charge in [0.2, 0.25) is 0 Å². The summed E-state index contributed by atoms with van der Waals surface area (Å²) in [5.74, 6) is 0. The predicted octanol–water partition coefficient (Wildman–Crippen LogP) is 8.37. The normalized spacial score (nSPS) is 12.0. The van der Waals surface area contributed by atoms with Crippen LogP contribution in [0.25, 0.3) is 54.7 Å². The first kappa shape index (κ1) is 18.7. The van der Waals surface area contributed by atoms with Gasteiger partial charge in [0, 0.05) is 61.2 Å². The second-order valence-electron chi connectivity index (χ2n) is 8.13. The molecule has 2 nitrogen and oxygen atoms in total. The maximum atomic E-state index is 3.66. The van der Waals surface area contributed by atoms with Crippen LogP contribution in [0.5, 0.6) is 0 Å².